The fourth-order valence-electron chi connectivity index (χ4n) is 0.799. The number of rotatable bonds is 2. The lowest BCUT2D eigenvalue weighted by Gasteiger charge is -2.00. The molecule has 4 heteroatoms. The Hall–Kier alpha value is -0.730. The standard InChI is InChI=1S/C8H6Cl2O2/c9-4-8(12)6-3-5(11)1-2-7(6)10/h1-3,11H,4H2. The van der Waals surface area contributed by atoms with E-state index >= 15 is 0 Å². The van der Waals surface area contributed by atoms with Crippen molar-refractivity contribution in [1.82, 2.24) is 0 Å². The second-order valence-corrected chi connectivity index (χ2v) is 2.90. The van der Waals surface area contributed by atoms with Gasteiger partial charge in [-0.15, -0.1) is 11.6 Å². The predicted molar refractivity (Wildman–Crippen MR) is 48.2 cm³/mol. The van der Waals surface area contributed by atoms with E-state index < -0.39 is 0 Å². The molecule has 0 aromatic heterocycles. The molecule has 0 saturated carbocycles. The number of benzene rings is 1. The van der Waals surface area contributed by atoms with Crippen molar-refractivity contribution in [2.75, 3.05) is 5.88 Å². The molecule has 1 aromatic carbocycles. The fourth-order valence-corrected chi connectivity index (χ4v) is 1.17. The van der Waals surface area contributed by atoms with E-state index in [0.717, 1.165) is 0 Å². The molecular weight excluding hydrogens is 199 g/mol. The predicted octanol–water partition coefficient (Wildman–Crippen LogP) is 2.47. The van der Waals surface area contributed by atoms with Crippen LogP contribution in [-0.4, -0.2) is 16.8 Å². The smallest absolute Gasteiger partial charge is 0.179 e. The van der Waals surface area contributed by atoms with Crippen molar-refractivity contribution in [3.05, 3.63) is 28.8 Å². The summed E-state index contributed by atoms with van der Waals surface area (Å²) in [6.45, 7) is 0. The number of phenolic OH excluding ortho intramolecular Hbond substituents is 1. The Bertz CT molecular complexity index is 310. The molecule has 0 atom stereocenters. The molecule has 12 heavy (non-hydrogen) atoms. The van der Waals surface area contributed by atoms with E-state index in [1.54, 1.807) is 0 Å². The zero-order chi connectivity index (χ0) is 9.14. The first-order chi connectivity index (χ1) is 5.65. The van der Waals surface area contributed by atoms with Crippen LogP contribution in [0.25, 0.3) is 0 Å². The zero-order valence-electron chi connectivity index (χ0n) is 6.05. The highest BCUT2D eigenvalue weighted by Crippen LogP contribution is 2.21. The Morgan fingerprint density at radius 1 is 1.50 bits per heavy atom. The van der Waals surface area contributed by atoms with Crippen LogP contribution in [0.5, 0.6) is 5.75 Å². The maximum atomic E-state index is 11.1. The van der Waals surface area contributed by atoms with Crippen LogP contribution in [0.4, 0.5) is 0 Å². The third-order valence-electron chi connectivity index (χ3n) is 1.37. The van der Waals surface area contributed by atoms with Gasteiger partial charge in [-0.3, -0.25) is 4.79 Å². The highest BCUT2D eigenvalue weighted by atomic mass is 35.5. The minimum atomic E-state index is -0.294. The topological polar surface area (TPSA) is 37.3 Å². The molecular formula is C8H6Cl2O2. The van der Waals surface area contributed by atoms with Gasteiger partial charge >= 0.3 is 0 Å². The molecule has 0 radical (unpaired) electrons. The molecule has 0 unspecified atom stereocenters. The summed E-state index contributed by atoms with van der Waals surface area (Å²) < 4.78 is 0. The molecule has 0 amide bonds. The van der Waals surface area contributed by atoms with Gasteiger partial charge in [-0.1, -0.05) is 11.6 Å². The van der Waals surface area contributed by atoms with Crippen LogP contribution in [0.15, 0.2) is 18.2 Å². The third-order valence-corrected chi connectivity index (χ3v) is 1.94. The summed E-state index contributed by atoms with van der Waals surface area (Å²) in [7, 11) is 0. The van der Waals surface area contributed by atoms with Gasteiger partial charge in [0, 0.05) is 5.56 Å². The number of carbonyl (C=O) groups is 1. The van der Waals surface area contributed by atoms with Gasteiger partial charge < -0.3 is 5.11 Å². The van der Waals surface area contributed by atoms with Crippen LogP contribution in [0.1, 0.15) is 10.4 Å². The Morgan fingerprint density at radius 3 is 2.75 bits per heavy atom. The highest BCUT2D eigenvalue weighted by Gasteiger charge is 2.09. The van der Waals surface area contributed by atoms with Crippen molar-refractivity contribution in [2.24, 2.45) is 0 Å². The first-order valence-electron chi connectivity index (χ1n) is 3.23. The molecule has 0 fully saturated rings. The number of Topliss-reactive ketones (excluding diaryl/α,β-unsaturated/α-hetero) is 1. The third kappa shape index (κ3) is 1.90. The Balaban J connectivity index is 3.13. The quantitative estimate of drug-likeness (QED) is 0.594. The second-order valence-electron chi connectivity index (χ2n) is 2.22. The summed E-state index contributed by atoms with van der Waals surface area (Å²) >= 11 is 11.0. The SMILES string of the molecule is O=C(CCl)c1cc(O)ccc1Cl. The van der Waals surface area contributed by atoms with Gasteiger partial charge in [0.05, 0.1) is 10.9 Å². The Labute approximate surface area is 79.7 Å². The van der Waals surface area contributed by atoms with E-state index in [4.69, 9.17) is 28.3 Å². The molecule has 0 saturated heterocycles. The molecule has 0 aliphatic heterocycles. The van der Waals surface area contributed by atoms with E-state index in [1.807, 2.05) is 0 Å². The summed E-state index contributed by atoms with van der Waals surface area (Å²) in [4.78, 5) is 11.1. The molecule has 0 spiro atoms. The number of hydrogen-bond donors (Lipinski definition) is 1. The molecule has 0 aliphatic carbocycles. The highest BCUT2D eigenvalue weighted by molar-refractivity contribution is 6.37. The maximum absolute atomic E-state index is 11.1. The van der Waals surface area contributed by atoms with Crippen LogP contribution in [0.2, 0.25) is 5.02 Å². The van der Waals surface area contributed by atoms with Gasteiger partial charge in [-0.05, 0) is 18.2 Å². The molecule has 64 valence electrons. The lowest BCUT2D eigenvalue weighted by atomic mass is 10.1. The Morgan fingerprint density at radius 2 is 2.17 bits per heavy atom. The summed E-state index contributed by atoms with van der Waals surface area (Å²) in [5, 5.41) is 9.33. The monoisotopic (exact) mass is 204 g/mol. The summed E-state index contributed by atoms with van der Waals surface area (Å²) in [6, 6.07) is 4.16. The summed E-state index contributed by atoms with van der Waals surface area (Å²) in [6.07, 6.45) is 0. The maximum Gasteiger partial charge on any atom is 0.179 e. The largest absolute Gasteiger partial charge is 0.508 e. The van der Waals surface area contributed by atoms with Crippen LogP contribution < -0.4 is 0 Å². The van der Waals surface area contributed by atoms with Gasteiger partial charge in [-0.25, -0.2) is 0 Å². The molecule has 1 N–H and O–H groups in total. The Kier molecular flexibility index (Phi) is 2.95. The number of alkyl halides is 1. The summed E-state index contributed by atoms with van der Waals surface area (Å²) in [5.41, 5.74) is 0.256. The molecule has 2 nitrogen and oxygen atoms in total. The number of halogens is 2. The first kappa shape index (κ1) is 9.36. The van der Waals surface area contributed by atoms with Crippen molar-refractivity contribution in [3.8, 4) is 5.75 Å². The van der Waals surface area contributed by atoms with Crippen LogP contribution in [-0.2, 0) is 0 Å². The first-order valence-corrected chi connectivity index (χ1v) is 4.14. The van der Waals surface area contributed by atoms with Gasteiger partial charge in [0.15, 0.2) is 5.78 Å². The van der Waals surface area contributed by atoms with Gasteiger partial charge in [0.1, 0.15) is 5.75 Å². The zero-order valence-corrected chi connectivity index (χ0v) is 7.56. The van der Waals surface area contributed by atoms with Crippen molar-refractivity contribution in [3.63, 3.8) is 0 Å². The van der Waals surface area contributed by atoms with Crippen molar-refractivity contribution in [2.45, 2.75) is 0 Å². The average Bonchev–Trinajstić information content (AvgIpc) is 2.08. The van der Waals surface area contributed by atoms with Crippen molar-refractivity contribution >= 4 is 29.0 Å². The second kappa shape index (κ2) is 3.78. The number of phenols is 1. The van der Waals surface area contributed by atoms with Gasteiger partial charge in [-0.2, -0.15) is 0 Å². The van der Waals surface area contributed by atoms with Crippen LogP contribution in [0, 0.1) is 0 Å². The minimum Gasteiger partial charge on any atom is -0.508 e. The summed E-state index contributed by atoms with van der Waals surface area (Å²) in [5.74, 6) is -0.422. The van der Waals surface area contributed by atoms with Crippen molar-refractivity contribution in [1.29, 1.82) is 0 Å². The number of aromatic hydroxyl groups is 1. The molecule has 0 heterocycles. The lowest BCUT2D eigenvalue weighted by molar-refractivity contribution is 0.102. The van der Waals surface area contributed by atoms with E-state index in [1.165, 1.54) is 18.2 Å². The number of ketones is 1. The van der Waals surface area contributed by atoms with Crippen molar-refractivity contribution < 1.29 is 9.90 Å². The van der Waals surface area contributed by atoms with Gasteiger partial charge in [0.2, 0.25) is 0 Å². The van der Waals surface area contributed by atoms with Gasteiger partial charge in [0.25, 0.3) is 0 Å². The minimum absolute atomic E-state index is 0.00728. The number of carbonyl (C=O) groups excluding carboxylic acids is 1. The van der Waals surface area contributed by atoms with E-state index in [-0.39, 0.29) is 23.0 Å². The normalized spacial score (nSPS) is 9.83. The van der Waals surface area contributed by atoms with Crippen LogP contribution >= 0.6 is 23.2 Å². The molecule has 1 rings (SSSR count). The van der Waals surface area contributed by atoms with E-state index in [0.29, 0.717) is 5.02 Å². The average molecular weight is 205 g/mol. The fraction of sp³-hybridized carbons (Fsp3) is 0.125. The molecule has 0 bridgehead atoms. The van der Waals surface area contributed by atoms with Crippen LogP contribution in [0.3, 0.4) is 0 Å². The lowest BCUT2D eigenvalue weighted by Crippen LogP contribution is -2.00. The molecule has 0 aliphatic rings. The molecule has 1 aromatic rings. The number of hydrogen-bond acceptors (Lipinski definition) is 2. The van der Waals surface area contributed by atoms with E-state index in [2.05, 4.69) is 0 Å². The van der Waals surface area contributed by atoms with E-state index in [9.17, 15) is 4.79 Å².